The summed E-state index contributed by atoms with van der Waals surface area (Å²) in [6.45, 7) is 0.346. The summed E-state index contributed by atoms with van der Waals surface area (Å²) in [5.74, 6) is -0.265. The third-order valence-corrected chi connectivity index (χ3v) is 3.18. The van der Waals surface area contributed by atoms with Gasteiger partial charge in [-0.1, -0.05) is 0 Å². The van der Waals surface area contributed by atoms with Gasteiger partial charge in [0.05, 0.1) is 13.0 Å². The summed E-state index contributed by atoms with van der Waals surface area (Å²) in [7, 11) is 1.65. The van der Waals surface area contributed by atoms with Crippen molar-refractivity contribution in [2.24, 2.45) is 0 Å². The Hall–Kier alpha value is -1.30. The molecule has 6 heteroatoms. The van der Waals surface area contributed by atoms with Crippen molar-refractivity contribution < 1.29 is 23.8 Å². The largest absolute Gasteiger partial charge is 0.457 e. The third-order valence-electron chi connectivity index (χ3n) is 3.18. The summed E-state index contributed by atoms with van der Waals surface area (Å²) >= 11 is 0. The Bertz CT molecular complexity index is 330. The first-order chi connectivity index (χ1) is 7.16. The third kappa shape index (κ3) is 1.14. The molecule has 0 radical (unpaired) electrons. The smallest absolute Gasteiger partial charge is 0.410 e. The maximum atomic E-state index is 11.3. The molecule has 3 saturated heterocycles. The number of hydrogen-bond acceptors (Lipinski definition) is 5. The number of fused-ring (bicyclic) bond motifs is 3. The van der Waals surface area contributed by atoms with Crippen molar-refractivity contribution in [3.63, 3.8) is 0 Å². The first kappa shape index (κ1) is 8.96. The van der Waals surface area contributed by atoms with Crippen LogP contribution in [0.4, 0.5) is 4.79 Å². The maximum Gasteiger partial charge on any atom is 0.410 e. The lowest BCUT2D eigenvalue weighted by atomic mass is 9.97. The van der Waals surface area contributed by atoms with Crippen LogP contribution >= 0.6 is 0 Å². The zero-order valence-corrected chi connectivity index (χ0v) is 8.21. The first-order valence-corrected chi connectivity index (χ1v) is 4.91. The molecule has 3 aliphatic heterocycles. The van der Waals surface area contributed by atoms with Gasteiger partial charge in [0.2, 0.25) is 0 Å². The molecule has 0 N–H and O–H groups in total. The molecule has 0 aromatic heterocycles. The second kappa shape index (κ2) is 2.85. The van der Waals surface area contributed by atoms with Gasteiger partial charge in [-0.25, -0.2) is 4.79 Å². The highest BCUT2D eigenvalue weighted by Gasteiger charge is 2.55. The quantitative estimate of drug-likeness (QED) is 0.508. The van der Waals surface area contributed by atoms with E-state index in [4.69, 9.17) is 14.2 Å². The van der Waals surface area contributed by atoms with Crippen molar-refractivity contribution in [1.82, 2.24) is 4.90 Å². The van der Waals surface area contributed by atoms with Gasteiger partial charge in [-0.2, -0.15) is 0 Å². The fourth-order valence-corrected chi connectivity index (χ4v) is 2.44. The number of carbonyl (C=O) groups is 2. The van der Waals surface area contributed by atoms with Gasteiger partial charge >= 0.3 is 12.1 Å². The van der Waals surface area contributed by atoms with Crippen molar-refractivity contribution >= 4 is 12.1 Å². The van der Waals surface area contributed by atoms with E-state index in [2.05, 4.69) is 0 Å². The molecule has 15 heavy (non-hydrogen) atoms. The van der Waals surface area contributed by atoms with Crippen molar-refractivity contribution in [1.29, 1.82) is 0 Å². The highest BCUT2D eigenvalue weighted by atomic mass is 16.6. The van der Waals surface area contributed by atoms with E-state index in [-0.39, 0.29) is 42.8 Å². The Labute approximate surface area is 86.1 Å². The average molecular weight is 213 g/mol. The lowest BCUT2D eigenvalue weighted by Crippen LogP contribution is -2.54. The van der Waals surface area contributed by atoms with Gasteiger partial charge in [0.15, 0.2) is 12.2 Å². The van der Waals surface area contributed by atoms with Gasteiger partial charge in [-0.05, 0) is 0 Å². The van der Waals surface area contributed by atoms with Gasteiger partial charge in [-0.15, -0.1) is 0 Å². The zero-order chi connectivity index (χ0) is 10.6. The standard InChI is InChI=1S/C9H11NO5/c1-10-7-5(14-9(10)12)3-13-4-2-6(11)15-8(4)7/h4-5,7-8H,2-3H2,1H3/t4-,5-,7-,8+/m1/s1. The second-order valence-corrected chi connectivity index (χ2v) is 4.05. The monoisotopic (exact) mass is 213 g/mol. The molecule has 3 fully saturated rings. The zero-order valence-electron chi connectivity index (χ0n) is 8.21. The van der Waals surface area contributed by atoms with E-state index in [9.17, 15) is 9.59 Å². The van der Waals surface area contributed by atoms with Gasteiger partial charge in [0.1, 0.15) is 12.1 Å². The number of esters is 1. The van der Waals surface area contributed by atoms with Crippen LogP contribution in [-0.4, -0.2) is 55.0 Å². The molecule has 0 aromatic rings. The molecular weight excluding hydrogens is 202 g/mol. The van der Waals surface area contributed by atoms with E-state index in [1.165, 1.54) is 4.90 Å². The number of likely N-dealkylation sites (N-methyl/N-ethyl adjacent to an activating group) is 1. The average Bonchev–Trinajstić information content (AvgIpc) is 2.68. The molecule has 1 amide bonds. The highest BCUT2D eigenvalue weighted by molar-refractivity contribution is 5.74. The fourth-order valence-electron chi connectivity index (χ4n) is 2.44. The van der Waals surface area contributed by atoms with Gasteiger partial charge < -0.3 is 19.1 Å². The molecule has 82 valence electrons. The minimum atomic E-state index is -0.378. The molecule has 0 aliphatic carbocycles. The molecule has 3 rings (SSSR count). The highest BCUT2D eigenvalue weighted by Crippen LogP contribution is 2.34. The lowest BCUT2D eigenvalue weighted by Gasteiger charge is -2.34. The van der Waals surface area contributed by atoms with Crippen LogP contribution in [0.5, 0.6) is 0 Å². The second-order valence-electron chi connectivity index (χ2n) is 4.05. The van der Waals surface area contributed by atoms with Crippen LogP contribution in [0.3, 0.4) is 0 Å². The number of ether oxygens (including phenoxy) is 3. The molecule has 4 atom stereocenters. The Morgan fingerprint density at radius 3 is 2.87 bits per heavy atom. The number of rotatable bonds is 0. The molecule has 6 nitrogen and oxygen atoms in total. The van der Waals surface area contributed by atoms with Crippen LogP contribution in [0.25, 0.3) is 0 Å². The van der Waals surface area contributed by atoms with Gasteiger partial charge in [0.25, 0.3) is 0 Å². The summed E-state index contributed by atoms with van der Waals surface area (Å²) in [6, 6.07) is -0.192. The van der Waals surface area contributed by atoms with Crippen molar-refractivity contribution in [2.45, 2.75) is 30.8 Å². The minimum absolute atomic E-state index is 0.192. The van der Waals surface area contributed by atoms with Crippen molar-refractivity contribution in [3.05, 3.63) is 0 Å². The number of hydrogen-bond donors (Lipinski definition) is 0. The summed E-state index contributed by atoms with van der Waals surface area (Å²) in [5.41, 5.74) is 0. The molecule has 0 bridgehead atoms. The van der Waals surface area contributed by atoms with E-state index in [0.717, 1.165) is 0 Å². The predicted molar refractivity (Wildman–Crippen MR) is 46.1 cm³/mol. The van der Waals surface area contributed by atoms with Crippen LogP contribution in [0.2, 0.25) is 0 Å². The Kier molecular flexibility index (Phi) is 1.70. The van der Waals surface area contributed by atoms with Gasteiger partial charge in [0, 0.05) is 7.05 Å². The topological polar surface area (TPSA) is 65.1 Å². The van der Waals surface area contributed by atoms with Crippen molar-refractivity contribution in [3.8, 4) is 0 Å². The molecule has 0 saturated carbocycles. The van der Waals surface area contributed by atoms with Crippen LogP contribution in [-0.2, 0) is 19.0 Å². The molecular formula is C9H11NO5. The van der Waals surface area contributed by atoms with Crippen LogP contribution < -0.4 is 0 Å². The Balaban J connectivity index is 1.89. The summed E-state index contributed by atoms with van der Waals surface area (Å²) in [5, 5.41) is 0. The van der Waals surface area contributed by atoms with Gasteiger partial charge in [-0.3, -0.25) is 4.79 Å². The number of nitrogens with zero attached hydrogens (tertiary/aromatic N) is 1. The molecule has 0 unspecified atom stereocenters. The number of carbonyl (C=O) groups excluding carboxylic acids is 2. The lowest BCUT2D eigenvalue weighted by molar-refractivity contribution is -0.149. The SMILES string of the molecule is CN1C(=O)O[C@@H]2CO[C@@H]3CC(=O)O[C@@H]3[C@@H]21. The van der Waals surface area contributed by atoms with E-state index in [1.807, 2.05) is 0 Å². The fraction of sp³-hybridized carbons (Fsp3) is 0.778. The minimum Gasteiger partial charge on any atom is -0.457 e. The molecule has 0 spiro atoms. The van der Waals surface area contributed by atoms with E-state index in [1.54, 1.807) is 7.05 Å². The maximum absolute atomic E-state index is 11.3. The summed E-state index contributed by atoms with van der Waals surface area (Å²) in [4.78, 5) is 23.9. The van der Waals surface area contributed by atoms with Crippen LogP contribution in [0.15, 0.2) is 0 Å². The number of amides is 1. The Morgan fingerprint density at radius 1 is 1.27 bits per heavy atom. The summed E-state index contributed by atoms with van der Waals surface area (Å²) < 4.78 is 15.7. The van der Waals surface area contributed by atoms with Crippen LogP contribution in [0.1, 0.15) is 6.42 Å². The van der Waals surface area contributed by atoms with E-state index >= 15 is 0 Å². The van der Waals surface area contributed by atoms with Crippen molar-refractivity contribution in [2.75, 3.05) is 13.7 Å². The van der Waals surface area contributed by atoms with Crippen LogP contribution in [0, 0.1) is 0 Å². The predicted octanol–water partition coefficient (Wildman–Crippen LogP) is -0.480. The first-order valence-electron chi connectivity index (χ1n) is 4.91. The molecule has 3 aliphatic rings. The normalized spacial score (nSPS) is 43.4. The molecule has 3 heterocycles. The molecule has 0 aromatic carbocycles. The van der Waals surface area contributed by atoms with E-state index < -0.39 is 0 Å². The summed E-state index contributed by atoms with van der Waals surface area (Å²) in [6.07, 6.45) is -1.01. The Morgan fingerprint density at radius 2 is 2.07 bits per heavy atom. The van der Waals surface area contributed by atoms with E-state index in [0.29, 0.717) is 6.61 Å².